The first-order valence-electron chi connectivity index (χ1n) is 5.42. The van der Waals surface area contributed by atoms with Crippen molar-refractivity contribution >= 4 is 17.4 Å². The van der Waals surface area contributed by atoms with E-state index in [0.29, 0.717) is 5.69 Å². The molecule has 1 aromatic heterocycles. The fourth-order valence-electron chi connectivity index (χ4n) is 1.49. The summed E-state index contributed by atoms with van der Waals surface area (Å²) in [5.41, 5.74) is 0.695. The van der Waals surface area contributed by atoms with Gasteiger partial charge < -0.3 is 5.32 Å². The lowest BCUT2D eigenvalue weighted by Crippen LogP contribution is -2.50. The van der Waals surface area contributed by atoms with E-state index in [2.05, 4.69) is 10.4 Å². The Labute approximate surface area is 105 Å². The van der Waals surface area contributed by atoms with Crippen LogP contribution in [0.15, 0.2) is 66.0 Å². The van der Waals surface area contributed by atoms with Gasteiger partial charge in [-0.05, 0) is 24.3 Å². The maximum atomic E-state index is 12.0. The van der Waals surface area contributed by atoms with Crippen LogP contribution in [0.1, 0.15) is 0 Å². The van der Waals surface area contributed by atoms with Crippen LogP contribution in [-0.4, -0.2) is 11.7 Å². The molecule has 2 rings (SSSR count). The van der Waals surface area contributed by atoms with Crippen molar-refractivity contribution in [2.75, 3.05) is 5.32 Å². The second kappa shape index (κ2) is 5.58. The third kappa shape index (κ3) is 2.70. The molecule has 90 valence electrons. The molecule has 2 aromatic rings. The highest BCUT2D eigenvalue weighted by atomic mass is 16.2. The summed E-state index contributed by atoms with van der Waals surface area (Å²) in [5, 5.41) is 6.24. The predicted molar refractivity (Wildman–Crippen MR) is 68.7 cm³/mol. The lowest BCUT2D eigenvalue weighted by Gasteiger charge is -2.02. The third-order valence-electron chi connectivity index (χ3n) is 2.32. The number of para-hydroxylation sites is 1. The molecule has 5 heteroatoms. The minimum Gasteiger partial charge on any atom is -0.315 e. The van der Waals surface area contributed by atoms with E-state index in [4.69, 9.17) is 5.84 Å². The number of nitrogens with zero attached hydrogens (tertiary/aromatic N) is 2. The summed E-state index contributed by atoms with van der Waals surface area (Å²) in [6.45, 7) is 0. The zero-order chi connectivity index (χ0) is 12.8. The summed E-state index contributed by atoms with van der Waals surface area (Å²) in [6.07, 6.45) is 3.41. The first-order chi connectivity index (χ1) is 8.81. The Morgan fingerprint density at radius 1 is 1.06 bits per heavy atom. The lowest BCUT2D eigenvalue weighted by atomic mass is 10.3. The monoisotopic (exact) mass is 241 g/mol. The molecule has 0 saturated heterocycles. The zero-order valence-electron chi connectivity index (χ0n) is 9.65. The fourth-order valence-corrected chi connectivity index (χ4v) is 1.49. The van der Waals surface area contributed by atoms with Gasteiger partial charge >= 0.3 is 11.7 Å². The van der Waals surface area contributed by atoms with Gasteiger partial charge in [-0.25, -0.2) is 5.84 Å². The smallest absolute Gasteiger partial charge is 0.315 e. The number of pyridine rings is 1. The standard InChI is InChI=1S/C13H12N4O/c14-16-12(17-9-5-2-6-10-17)13(18)15-11-7-3-1-4-8-11/h1-10H,(H2-,14,15,18)/p+1. The first-order valence-corrected chi connectivity index (χ1v) is 5.42. The SMILES string of the molecule is NN=C(C(=O)Nc1ccccc1)[n+]1ccccc1. The van der Waals surface area contributed by atoms with E-state index in [1.54, 1.807) is 41.2 Å². The molecular weight excluding hydrogens is 228 g/mol. The second-order valence-corrected chi connectivity index (χ2v) is 3.56. The Balaban J connectivity index is 2.18. The van der Waals surface area contributed by atoms with Gasteiger partial charge in [-0.2, -0.15) is 4.57 Å². The van der Waals surface area contributed by atoms with Crippen molar-refractivity contribution in [1.29, 1.82) is 0 Å². The largest absolute Gasteiger partial charge is 0.417 e. The van der Waals surface area contributed by atoms with Gasteiger partial charge in [0.2, 0.25) is 0 Å². The highest BCUT2D eigenvalue weighted by Gasteiger charge is 2.22. The molecule has 0 saturated carbocycles. The van der Waals surface area contributed by atoms with Crippen LogP contribution in [0.3, 0.4) is 0 Å². The van der Waals surface area contributed by atoms with E-state index in [1.165, 1.54) is 0 Å². The number of benzene rings is 1. The maximum absolute atomic E-state index is 12.0. The van der Waals surface area contributed by atoms with E-state index in [9.17, 15) is 4.79 Å². The molecule has 0 radical (unpaired) electrons. The number of amides is 1. The molecular formula is C13H13N4O+. The highest BCUT2D eigenvalue weighted by molar-refractivity contribution is 6.38. The Morgan fingerprint density at radius 3 is 2.28 bits per heavy atom. The normalized spacial score (nSPS) is 11.0. The topological polar surface area (TPSA) is 71.4 Å². The quantitative estimate of drug-likeness (QED) is 0.254. The van der Waals surface area contributed by atoms with Crippen LogP contribution in [0.4, 0.5) is 5.69 Å². The molecule has 0 bridgehead atoms. The summed E-state index contributed by atoms with van der Waals surface area (Å²) in [4.78, 5) is 12.0. The average Bonchev–Trinajstić information content (AvgIpc) is 2.42. The molecule has 0 unspecified atom stereocenters. The summed E-state index contributed by atoms with van der Waals surface area (Å²) < 4.78 is 1.55. The van der Waals surface area contributed by atoms with Crippen molar-refractivity contribution in [3.8, 4) is 0 Å². The van der Waals surface area contributed by atoms with Gasteiger partial charge in [-0.1, -0.05) is 24.3 Å². The number of hydrogen-bond donors (Lipinski definition) is 2. The number of nitrogens with one attached hydrogen (secondary N) is 1. The summed E-state index contributed by atoms with van der Waals surface area (Å²) in [5.74, 6) is 5.03. The molecule has 1 amide bonds. The number of aromatic nitrogens is 1. The van der Waals surface area contributed by atoms with Gasteiger partial charge in [0.15, 0.2) is 0 Å². The van der Waals surface area contributed by atoms with Crippen LogP contribution < -0.4 is 15.7 Å². The Bertz CT molecular complexity index is 552. The Morgan fingerprint density at radius 2 is 1.67 bits per heavy atom. The van der Waals surface area contributed by atoms with Gasteiger partial charge in [0.05, 0.1) is 17.5 Å². The molecule has 0 fully saturated rings. The van der Waals surface area contributed by atoms with E-state index in [-0.39, 0.29) is 11.7 Å². The number of carbonyl (C=O) groups is 1. The van der Waals surface area contributed by atoms with Crippen LogP contribution >= 0.6 is 0 Å². The van der Waals surface area contributed by atoms with Crippen LogP contribution in [0.25, 0.3) is 0 Å². The van der Waals surface area contributed by atoms with Crippen LogP contribution in [0.2, 0.25) is 0 Å². The van der Waals surface area contributed by atoms with Gasteiger partial charge in [0.25, 0.3) is 0 Å². The van der Waals surface area contributed by atoms with Crippen LogP contribution in [0, 0.1) is 0 Å². The number of hydrogen-bond acceptors (Lipinski definition) is 3. The summed E-state index contributed by atoms with van der Waals surface area (Å²) in [7, 11) is 0. The molecule has 0 aliphatic heterocycles. The third-order valence-corrected chi connectivity index (χ3v) is 2.32. The molecule has 0 atom stereocenters. The van der Waals surface area contributed by atoms with Crippen molar-refractivity contribution in [1.82, 2.24) is 0 Å². The maximum Gasteiger partial charge on any atom is 0.417 e. The van der Waals surface area contributed by atoms with Gasteiger partial charge in [-0.3, -0.25) is 4.79 Å². The number of rotatable bonds is 1. The number of hydrazone groups is 1. The molecule has 0 aliphatic rings. The predicted octanol–water partition coefficient (Wildman–Crippen LogP) is 0.733. The fraction of sp³-hybridized carbons (Fsp3) is 0. The first kappa shape index (κ1) is 11.8. The van der Waals surface area contributed by atoms with Crippen LogP contribution in [-0.2, 0) is 4.79 Å². The van der Waals surface area contributed by atoms with Crippen molar-refractivity contribution in [3.05, 3.63) is 60.9 Å². The minimum absolute atomic E-state index is 0.124. The molecule has 0 aliphatic carbocycles. The van der Waals surface area contributed by atoms with Crippen molar-refractivity contribution < 1.29 is 9.36 Å². The van der Waals surface area contributed by atoms with Crippen LogP contribution in [0.5, 0.6) is 0 Å². The number of carbonyl (C=O) groups excluding carboxylic acids is 1. The second-order valence-electron chi connectivity index (χ2n) is 3.56. The molecule has 18 heavy (non-hydrogen) atoms. The highest BCUT2D eigenvalue weighted by Crippen LogP contribution is 2.04. The molecule has 1 aromatic carbocycles. The summed E-state index contributed by atoms with van der Waals surface area (Å²) in [6, 6.07) is 14.6. The van der Waals surface area contributed by atoms with Crippen molar-refractivity contribution in [2.45, 2.75) is 0 Å². The molecule has 1 heterocycles. The average molecular weight is 241 g/mol. The lowest BCUT2D eigenvalue weighted by molar-refractivity contribution is -0.553. The van der Waals surface area contributed by atoms with Gasteiger partial charge in [-0.15, -0.1) is 0 Å². The Hall–Kier alpha value is -2.69. The van der Waals surface area contributed by atoms with Crippen molar-refractivity contribution in [2.24, 2.45) is 10.9 Å². The number of anilines is 1. The molecule has 3 N–H and O–H groups in total. The van der Waals surface area contributed by atoms with Gasteiger partial charge in [0.1, 0.15) is 0 Å². The van der Waals surface area contributed by atoms with E-state index >= 15 is 0 Å². The summed E-state index contributed by atoms with van der Waals surface area (Å²) >= 11 is 0. The van der Waals surface area contributed by atoms with E-state index < -0.39 is 0 Å². The zero-order valence-corrected chi connectivity index (χ0v) is 9.65. The van der Waals surface area contributed by atoms with Crippen molar-refractivity contribution in [3.63, 3.8) is 0 Å². The van der Waals surface area contributed by atoms with Gasteiger partial charge in [0, 0.05) is 5.69 Å². The Kier molecular flexibility index (Phi) is 3.66. The molecule has 5 nitrogen and oxygen atoms in total. The number of nitrogens with two attached hydrogens (primary N) is 1. The minimum atomic E-state index is -0.361. The van der Waals surface area contributed by atoms with E-state index in [1.807, 2.05) is 24.3 Å². The van der Waals surface area contributed by atoms with E-state index in [0.717, 1.165) is 0 Å². The molecule has 0 spiro atoms.